The first kappa shape index (κ1) is 16.0. The average molecular weight is 288 g/mol. The van der Waals surface area contributed by atoms with E-state index in [0.29, 0.717) is 25.6 Å². The minimum absolute atomic E-state index is 0.0395. The molecular weight excluding hydrogens is 264 g/mol. The van der Waals surface area contributed by atoms with Crippen LogP contribution in [0.1, 0.15) is 26.2 Å². The molecule has 1 atom stereocenters. The fourth-order valence-corrected chi connectivity index (χ4v) is 3.30. The predicted octanol–water partition coefficient (Wildman–Crippen LogP) is 0.281. The number of nitrogens with zero attached hydrogens (tertiary/aromatic N) is 2. The van der Waals surface area contributed by atoms with Gasteiger partial charge in [0.15, 0.2) is 5.96 Å². The zero-order chi connectivity index (χ0) is 14.5. The van der Waals surface area contributed by atoms with Crippen LogP contribution in [0.3, 0.4) is 0 Å². The van der Waals surface area contributed by atoms with Crippen LogP contribution >= 0.6 is 0 Å². The highest BCUT2D eigenvalue weighted by Crippen LogP contribution is 2.19. The van der Waals surface area contributed by atoms with E-state index in [-0.39, 0.29) is 6.04 Å². The van der Waals surface area contributed by atoms with Gasteiger partial charge in [0, 0.05) is 19.1 Å². The summed E-state index contributed by atoms with van der Waals surface area (Å²) in [6.45, 7) is 7.20. The first-order valence-corrected chi connectivity index (χ1v) is 8.30. The van der Waals surface area contributed by atoms with Crippen molar-refractivity contribution in [3.05, 3.63) is 12.2 Å². The van der Waals surface area contributed by atoms with Crippen molar-refractivity contribution < 1.29 is 8.42 Å². The van der Waals surface area contributed by atoms with Gasteiger partial charge < -0.3 is 11.1 Å². The second-order valence-corrected chi connectivity index (χ2v) is 7.00. The highest BCUT2D eigenvalue weighted by atomic mass is 32.2. The van der Waals surface area contributed by atoms with Crippen molar-refractivity contribution in [2.45, 2.75) is 32.2 Å². The minimum Gasteiger partial charge on any atom is -0.370 e. The zero-order valence-electron chi connectivity index (χ0n) is 11.7. The SMILES string of the molecule is C=C(C)CN=C(N)NCC1CCCCN1S(C)(=O)=O. The van der Waals surface area contributed by atoms with Crippen LogP contribution in [-0.2, 0) is 10.0 Å². The van der Waals surface area contributed by atoms with Gasteiger partial charge in [0.25, 0.3) is 0 Å². The Labute approximate surface area is 115 Å². The summed E-state index contributed by atoms with van der Waals surface area (Å²) in [5.74, 6) is 0.335. The molecule has 0 aromatic rings. The molecule has 0 aromatic carbocycles. The molecule has 3 N–H and O–H groups in total. The molecule has 6 nitrogen and oxygen atoms in total. The fourth-order valence-electron chi connectivity index (χ4n) is 2.11. The highest BCUT2D eigenvalue weighted by molar-refractivity contribution is 7.88. The summed E-state index contributed by atoms with van der Waals surface area (Å²) < 4.78 is 24.9. The first-order valence-electron chi connectivity index (χ1n) is 6.45. The third-order valence-corrected chi connectivity index (χ3v) is 4.37. The number of piperidine rings is 1. The van der Waals surface area contributed by atoms with E-state index in [4.69, 9.17) is 5.73 Å². The highest BCUT2D eigenvalue weighted by Gasteiger charge is 2.28. The van der Waals surface area contributed by atoms with Crippen LogP contribution in [0.5, 0.6) is 0 Å². The average Bonchev–Trinajstić information content (AvgIpc) is 2.33. The van der Waals surface area contributed by atoms with E-state index < -0.39 is 10.0 Å². The number of guanidine groups is 1. The summed E-state index contributed by atoms with van der Waals surface area (Å²) >= 11 is 0. The smallest absolute Gasteiger partial charge is 0.211 e. The van der Waals surface area contributed by atoms with E-state index in [1.807, 2.05) is 6.92 Å². The molecule has 1 aliphatic rings. The van der Waals surface area contributed by atoms with Crippen molar-refractivity contribution in [2.75, 3.05) is 25.9 Å². The second kappa shape index (κ2) is 6.91. The van der Waals surface area contributed by atoms with Crippen LogP contribution in [0, 0.1) is 0 Å². The van der Waals surface area contributed by atoms with E-state index in [9.17, 15) is 8.42 Å². The molecule has 1 rings (SSSR count). The summed E-state index contributed by atoms with van der Waals surface area (Å²) in [6, 6.07) is -0.0395. The zero-order valence-corrected chi connectivity index (χ0v) is 12.5. The Morgan fingerprint density at radius 1 is 1.53 bits per heavy atom. The van der Waals surface area contributed by atoms with Gasteiger partial charge in [0.2, 0.25) is 10.0 Å². The lowest BCUT2D eigenvalue weighted by atomic mass is 10.1. The van der Waals surface area contributed by atoms with Gasteiger partial charge in [-0.3, -0.25) is 0 Å². The standard InChI is InChI=1S/C12H24N4O2S/c1-10(2)8-14-12(13)15-9-11-6-4-5-7-16(11)19(3,17)18/h11H,1,4-9H2,2-3H3,(H3,13,14,15). The van der Waals surface area contributed by atoms with Crippen LogP contribution < -0.4 is 11.1 Å². The molecule has 0 aliphatic carbocycles. The van der Waals surface area contributed by atoms with Crippen molar-refractivity contribution in [1.29, 1.82) is 0 Å². The van der Waals surface area contributed by atoms with E-state index in [1.165, 1.54) is 6.26 Å². The molecule has 0 bridgehead atoms. The predicted molar refractivity (Wildman–Crippen MR) is 78.5 cm³/mol. The Morgan fingerprint density at radius 3 is 2.79 bits per heavy atom. The number of aliphatic imine (C=N–C) groups is 1. The van der Waals surface area contributed by atoms with Crippen molar-refractivity contribution >= 4 is 16.0 Å². The number of hydrogen-bond acceptors (Lipinski definition) is 3. The molecule has 110 valence electrons. The van der Waals surface area contributed by atoms with Crippen molar-refractivity contribution in [3.8, 4) is 0 Å². The largest absolute Gasteiger partial charge is 0.370 e. The fraction of sp³-hybridized carbons (Fsp3) is 0.750. The van der Waals surface area contributed by atoms with E-state index in [1.54, 1.807) is 4.31 Å². The molecule has 0 aromatic heterocycles. The van der Waals surface area contributed by atoms with Crippen LogP contribution in [0.2, 0.25) is 0 Å². The van der Waals surface area contributed by atoms with Gasteiger partial charge in [-0.25, -0.2) is 13.4 Å². The Morgan fingerprint density at radius 2 is 2.21 bits per heavy atom. The van der Waals surface area contributed by atoms with Crippen molar-refractivity contribution in [2.24, 2.45) is 10.7 Å². The first-order chi connectivity index (χ1) is 8.80. The molecule has 1 aliphatic heterocycles. The maximum absolute atomic E-state index is 11.7. The van der Waals surface area contributed by atoms with Gasteiger partial charge in [-0.05, 0) is 19.8 Å². The number of hydrogen-bond donors (Lipinski definition) is 2. The van der Waals surface area contributed by atoms with Gasteiger partial charge in [-0.15, -0.1) is 0 Å². The molecule has 0 spiro atoms. The Balaban J connectivity index is 2.54. The summed E-state index contributed by atoms with van der Waals surface area (Å²) in [5.41, 5.74) is 6.65. The molecule has 1 unspecified atom stereocenters. The van der Waals surface area contributed by atoms with Gasteiger partial charge in [0.05, 0.1) is 12.8 Å². The molecule has 7 heteroatoms. The van der Waals surface area contributed by atoms with Gasteiger partial charge in [0.1, 0.15) is 0 Å². The molecule has 0 amide bonds. The van der Waals surface area contributed by atoms with E-state index in [2.05, 4.69) is 16.9 Å². The third kappa shape index (κ3) is 5.61. The summed E-state index contributed by atoms with van der Waals surface area (Å²) in [5, 5.41) is 2.99. The summed E-state index contributed by atoms with van der Waals surface area (Å²) in [6.07, 6.45) is 4.07. The molecular formula is C12H24N4O2S. The topological polar surface area (TPSA) is 87.8 Å². The molecule has 0 saturated carbocycles. The number of rotatable bonds is 5. The van der Waals surface area contributed by atoms with E-state index >= 15 is 0 Å². The lowest BCUT2D eigenvalue weighted by Crippen LogP contribution is -2.50. The number of sulfonamides is 1. The van der Waals surface area contributed by atoms with Crippen LogP contribution in [0.25, 0.3) is 0 Å². The van der Waals surface area contributed by atoms with Crippen LogP contribution in [-0.4, -0.2) is 50.6 Å². The van der Waals surface area contributed by atoms with Crippen LogP contribution in [0.15, 0.2) is 17.1 Å². The molecule has 1 saturated heterocycles. The maximum Gasteiger partial charge on any atom is 0.211 e. The Kier molecular flexibility index (Phi) is 5.81. The third-order valence-electron chi connectivity index (χ3n) is 3.04. The maximum atomic E-state index is 11.7. The molecule has 0 radical (unpaired) electrons. The minimum atomic E-state index is -3.15. The number of nitrogens with two attached hydrogens (primary N) is 1. The normalized spacial score (nSPS) is 22.2. The number of nitrogens with one attached hydrogen (secondary N) is 1. The van der Waals surface area contributed by atoms with Crippen molar-refractivity contribution in [1.82, 2.24) is 9.62 Å². The van der Waals surface area contributed by atoms with Gasteiger partial charge in [-0.1, -0.05) is 18.6 Å². The molecule has 1 heterocycles. The second-order valence-electron chi connectivity index (χ2n) is 5.06. The lowest BCUT2D eigenvalue weighted by molar-refractivity contribution is 0.254. The summed E-state index contributed by atoms with van der Waals surface area (Å²) in [7, 11) is -3.15. The van der Waals surface area contributed by atoms with Crippen molar-refractivity contribution in [3.63, 3.8) is 0 Å². The quantitative estimate of drug-likeness (QED) is 0.432. The monoisotopic (exact) mass is 288 g/mol. The van der Waals surface area contributed by atoms with E-state index in [0.717, 1.165) is 24.8 Å². The summed E-state index contributed by atoms with van der Waals surface area (Å²) in [4.78, 5) is 4.11. The van der Waals surface area contributed by atoms with Crippen LogP contribution in [0.4, 0.5) is 0 Å². The molecule has 19 heavy (non-hydrogen) atoms. The lowest BCUT2D eigenvalue weighted by Gasteiger charge is -2.33. The molecule has 1 fully saturated rings. The van der Waals surface area contributed by atoms with Gasteiger partial charge in [-0.2, -0.15) is 4.31 Å². The Bertz CT molecular complexity index is 445. The Hall–Kier alpha value is -1.08. The van der Waals surface area contributed by atoms with Gasteiger partial charge >= 0.3 is 0 Å².